The largest absolute Gasteiger partial charge is 0.416 e. The first-order valence-corrected chi connectivity index (χ1v) is 11.0. The van der Waals surface area contributed by atoms with Crippen molar-refractivity contribution in [1.29, 1.82) is 0 Å². The molecule has 33 heavy (non-hydrogen) atoms. The lowest BCUT2D eigenvalue weighted by Crippen LogP contribution is -2.29. The molecule has 1 amide bonds. The summed E-state index contributed by atoms with van der Waals surface area (Å²) in [7, 11) is 1.86. The summed E-state index contributed by atoms with van der Waals surface area (Å²) in [5, 5.41) is 0. The van der Waals surface area contributed by atoms with Crippen molar-refractivity contribution in [3.05, 3.63) is 95.3 Å². The lowest BCUT2D eigenvalue weighted by Gasteiger charge is -2.32. The van der Waals surface area contributed by atoms with Crippen molar-refractivity contribution in [3.63, 3.8) is 0 Å². The van der Waals surface area contributed by atoms with Crippen LogP contribution in [-0.2, 0) is 17.4 Å². The van der Waals surface area contributed by atoms with Crippen LogP contribution in [0, 0.1) is 11.8 Å². The Morgan fingerprint density at radius 3 is 2.61 bits per heavy atom. The Morgan fingerprint density at radius 1 is 1.03 bits per heavy atom. The fraction of sp³-hybridized carbons (Fsp3) is 0.259. The van der Waals surface area contributed by atoms with Gasteiger partial charge in [-0.3, -0.25) is 9.78 Å². The predicted octanol–water partition coefficient (Wildman–Crippen LogP) is 5.82. The highest BCUT2D eigenvalue weighted by Gasteiger charge is 2.45. The summed E-state index contributed by atoms with van der Waals surface area (Å²) in [6.07, 6.45) is 2.06. The van der Waals surface area contributed by atoms with E-state index in [2.05, 4.69) is 23.2 Å². The van der Waals surface area contributed by atoms with Crippen LogP contribution in [0.2, 0.25) is 0 Å². The normalized spacial score (nSPS) is 22.5. The molecule has 3 aromatic rings. The van der Waals surface area contributed by atoms with Gasteiger partial charge in [0.1, 0.15) is 0 Å². The van der Waals surface area contributed by atoms with Crippen molar-refractivity contribution in [2.45, 2.75) is 18.5 Å². The van der Waals surface area contributed by atoms with Crippen LogP contribution < -0.4 is 0 Å². The third-order valence-electron chi connectivity index (χ3n) is 6.79. The number of rotatable bonds is 3. The lowest BCUT2D eigenvalue weighted by atomic mass is 9.70. The molecule has 5 rings (SSSR count). The summed E-state index contributed by atoms with van der Waals surface area (Å²) in [6, 6.07) is 17.1. The monoisotopic (exact) mass is 448 g/mol. The van der Waals surface area contributed by atoms with E-state index in [1.165, 1.54) is 17.2 Å². The summed E-state index contributed by atoms with van der Waals surface area (Å²) < 4.78 is 39.1. The third-order valence-corrected chi connectivity index (χ3v) is 6.79. The van der Waals surface area contributed by atoms with Crippen LogP contribution in [0.3, 0.4) is 0 Å². The number of halogens is 3. The minimum absolute atomic E-state index is 0.00389. The minimum atomic E-state index is -4.38. The Hall–Kier alpha value is -3.41. The number of amides is 1. The topological polar surface area (TPSA) is 33.2 Å². The zero-order valence-corrected chi connectivity index (χ0v) is 18.1. The van der Waals surface area contributed by atoms with Gasteiger partial charge in [-0.1, -0.05) is 48.5 Å². The Kier molecular flexibility index (Phi) is 5.31. The fourth-order valence-corrected chi connectivity index (χ4v) is 5.11. The van der Waals surface area contributed by atoms with Gasteiger partial charge >= 0.3 is 6.18 Å². The van der Waals surface area contributed by atoms with Crippen molar-refractivity contribution < 1.29 is 18.0 Å². The summed E-state index contributed by atoms with van der Waals surface area (Å²) >= 11 is 0. The number of pyridine rings is 1. The van der Waals surface area contributed by atoms with Crippen LogP contribution in [0.15, 0.2) is 72.9 Å². The molecular formula is C27H23F3N2O. The number of hydrogen-bond acceptors (Lipinski definition) is 2. The van der Waals surface area contributed by atoms with Gasteiger partial charge in [0, 0.05) is 37.2 Å². The smallest absolute Gasteiger partial charge is 0.345 e. The van der Waals surface area contributed by atoms with Gasteiger partial charge in [0.15, 0.2) is 0 Å². The van der Waals surface area contributed by atoms with Crippen LogP contribution in [0.25, 0.3) is 17.2 Å². The second-order valence-electron chi connectivity index (χ2n) is 8.83. The molecular weight excluding hydrogens is 425 g/mol. The summed E-state index contributed by atoms with van der Waals surface area (Å²) in [5.74, 6) is 0.532. The molecule has 0 N–H and O–H groups in total. The molecule has 168 valence electrons. The first-order valence-electron chi connectivity index (χ1n) is 11.0. The molecule has 2 aromatic carbocycles. The summed E-state index contributed by atoms with van der Waals surface area (Å²) in [4.78, 5) is 18.9. The predicted molar refractivity (Wildman–Crippen MR) is 121 cm³/mol. The van der Waals surface area contributed by atoms with Crippen LogP contribution in [0.5, 0.6) is 0 Å². The Bertz CT molecular complexity index is 1220. The number of fused-ring (bicyclic) bond motifs is 2. The molecule has 2 aliphatic rings. The Balaban J connectivity index is 1.41. The molecule has 3 unspecified atom stereocenters. The minimum Gasteiger partial charge on any atom is -0.345 e. The van der Waals surface area contributed by atoms with E-state index in [0.717, 1.165) is 30.8 Å². The molecule has 1 aromatic heterocycles. The molecule has 2 heterocycles. The van der Waals surface area contributed by atoms with Gasteiger partial charge < -0.3 is 4.90 Å². The van der Waals surface area contributed by atoms with E-state index in [1.54, 1.807) is 18.3 Å². The van der Waals surface area contributed by atoms with E-state index in [9.17, 15) is 18.0 Å². The molecule has 0 spiro atoms. The van der Waals surface area contributed by atoms with Gasteiger partial charge in [0.2, 0.25) is 5.91 Å². The van der Waals surface area contributed by atoms with Crippen molar-refractivity contribution in [2.24, 2.45) is 11.8 Å². The number of nitrogens with zero attached hydrogens (tertiary/aromatic N) is 2. The van der Waals surface area contributed by atoms with Gasteiger partial charge in [-0.25, -0.2) is 0 Å². The number of hydrogen-bond donors (Lipinski definition) is 0. The van der Waals surface area contributed by atoms with Gasteiger partial charge in [-0.15, -0.1) is 0 Å². The molecule has 1 aliphatic heterocycles. The van der Waals surface area contributed by atoms with Gasteiger partial charge in [0.25, 0.3) is 0 Å². The van der Waals surface area contributed by atoms with Crippen LogP contribution >= 0.6 is 0 Å². The molecule has 1 aliphatic carbocycles. The second-order valence-corrected chi connectivity index (χ2v) is 8.83. The first kappa shape index (κ1) is 21.4. The highest BCUT2D eigenvalue weighted by atomic mass is 19.4. The zero-order chi connectivity index (χ0) is 23.2. The molecule has 6 heteroatoms. The number of carbonyl (C=O) groups excluding carboxylic acids is 1. The zero-order valence-electron chi connectivity index (χ0n) is 18.1. The number of alkyl halides is 3. The number of aromatic nitrogens is 1. The highest BCUT2D eigenvalue weighted by molar-refractivity contribution is 5.82. The average molecular weight is 448 g/mol. The maximum Gasteiger partial charge on any atom is 0.416 e. The van der Waals surface area contributed by atoms with Gasteiger partial charge in [-0.2, -0.15) is 13.2 Å². The van der Waals surface area contributed by atoms with Crippen molar-refractivity contribution in [1.82, 2.24) is 9.88 Å². The van der Waals surface area contributed by atoms with E-state index in [4.69, 9.17) is 0 Å². The average Bonchev–Trinajstić information content (AvgIpc) is 3.10. The molecule has 0 radical (unpaired) electrons. The standard InChI is InChI=1S/C27H23F3N2O/c1-32-16-25-23(22-8-3-2-5-18(22)14-24(25)26(32)33)12-11-21-10-9-19(15-31-21)17-6-4-7-20(13-17)27(28,29)30/h2-13,15,23-25H,14,16H2,1H3/b12-11+. The number of allylic oxidation sites excluding steroid dienone is 1. The van der Waals surface area contributed by atoms with Crippen LogP contribution in [0.4, 0.5) is 13.2 Å². The fourth-order valence-electron chi connectivity index (χ4n) is 5.11. The maximum absolute atomic E-state index is 13.0. The molecule has 0 saturated carbocycles. The van der Waals surface area contributed by atoms with E-state index in [0.29, 0.717) is 11.1 Å². The number of benzene rings is 2. The quantitative estimate of drug-likeness (QED) is 0.506. The van der Waals surface area contributed by atoms with Gasteiger partial charge in [-0.05, 0) is 53.3 Å². The Labute approximate surface area is 190 Å². The van der Waals surface area contributed by atoms with Crippen molar-refractivity contribution in [3.8, 4) is 11.1 Å². The molecule has 3 atom stereocenters. The van der Waals surface area contributed by atoms with Crippen molar-refractivity contribution >= 4 is 12.0 Å². The molecule has 3 nitrogen and oxygen atoms in total. The third kappa shape index (κ3) is 4.06. The summed E-state index contributed by atoms with van der Waals surface area (Å²) in [5.41, 5.74) is 3.62. The summed E-state index contributed by atoms with van der Waals surface area (Å²) in [6.45, 7) is 0.731. The Morgan fingerprint density at radius 2 is 1.85 bits per heavy atom. The van der Waals surface area contributed by atoms with Gasteiger partial charge in [0.05, 0.1) is 11.3 Å². The highest BCUT2D eigenvalue weighted by Crippen LogP contribution is 2.45. The van der Waals surface area contributed by atoms with E-state index < -0.39 is 11.7 Å². The SMILES string of the molecule is CN1CC2C(Cc3ccccc3C2/C=C/c2ccc(-c3cccc(C(F)(F)F)c3)cn2)C1=O. The maximum atomic E-state index is 13.0. The molecule has 0 bridgehead atoms. The second kappa shape index (κ2) is 8.18. The lowest BCUT2D eigenvalue weighted by molar-refractivity contribution is -0.137. The molecule has 1 saturated heterocycles. The van der Waals surface area contributed by atoms with E-state index in [1.807, 2.05) is 36.2 Å². The van der Waals surface area contributed by atoms with Crippen molar-refractivity contribution in [2.75, 3.05) is 13.6 Å². The van der Waals surface area contributed by atoms with Crippen LogP contribution in [-0.4, -0.2) is 29.4 Å². The van der Waals surface area contributed by atoms with Crippen LogP contribution in [0.1, 0.15) is 28.3 Å². The van der Waals surface area contributed by atoms with E-state index in [-0.39, 0.29) is 23.7 Å². The molecule has 1 fully saturated rings. The number of carbonyl (C=O) groups is 1. The number of likely N-dealkylation sites (tertiary alicyclic amines) is 1. The first-order chi connectivity index (χ1) is 15.8. The van der Waals surface area contributed by atoms with E-state index >= 15 is 0 Å².